The molecule has 1 saturated heterocycles. The molecule has 1 heterocycles. The topological polar surface area (TPSA) is 49.8 Å². The molecule has 1 aromatic carbocycles. The fraction of sp³-hybridized carbons (Fsp3) is 0.462. The molecule has 0 aliphatic carbocycles. The van der Waals surface area contributed by atoms with Crippen molar-refractivity contribution in [3.63, 3.8) is 0 Å². The Labute approximate surface area is 115 Å². The van der Waals surface area contributed by atoms with E-state index in [1.807, 2.05) is 13.0 Å². The minimum atomic E-state index is -0.893. The van der Waals surface area contributed by atoms with Crippen molar-refractivity contribution in [1.29, 1.82) is 0 Å². The van der Waals surface area contributed by atoms with Crippen LogP contribution in [-0.4, -0.2) is 36.9 Å². The quantitative estimate of drug-likeness (QED) is 0.912. The number of carboxylic acid groups (broad SMARTS) is 1. The minimum Gasteiger partial charge on any atom is -0.478 e. The Hall–Kier alpha value is -1.07. The smallest absolute Gasteiger partial charge is 0.337 e. The summed E-state index contributed by atoms with van der Waals surface area (Å²) >= 11 is 3.40. The summed E-state index contributed by atoms with van der Waals surface area (Å²) in [6.07, 6.45) is 1.03. The molecule has 4 nitrogen and oxygen atoms in total. The van der Waals surface area contributed by atoms with Crippen LogP contribution in [0.4, 0.5) is 5.69 Å². The minimum absolute atomic E-state index is 0.119. The Balaban J connectivity index is 2.35. The van der Waals surface area contributed by atoms with Crippen LogP contribution in [0.2, 0.25) is 0 Å². The van der Waals surface area contributed by atoms with Crippen LogP contribution < -0.4 is 4.90 Å². The molecule has 1 unspecified atom stereocenters. The molecule has 0 amide bonds. The first-order chi connectivity index (χ1) is 8.58. The molecule has 0 spiro atoms. The van der Waals surface area contributed by atoms with Crippen molar-refractivity contribution < 1.29 is 14.6 Å². The number of carboxylic acids is 1. The number of carbonyl (C=O) groups is 1. The maximum absolute atomic E-state index is 11.3. The highest BCUT2D eigenvalue weighted by atomic mass is 79.9. The van der Waals surface area contributed by atoms with Crippen LogP contribution >= 0.6 is 15.9 Å². The van der Waals surface area contributed by atoms with E-state index < -0.39 is 5.97 Å². The number of nitrogens with zero attached hydrogens (tertiary/aromatic N) is 1. The van der Waals surface area contributed by atoms with Crippen LogP contribution in [0.5, 0.6) is 0 Å². The summed E-state index contributed by atoms with van der Waals surface area (Å²) in [5.41, 5.74) is 1.10. The van der Waals surface area contributed by atoms with Gasteiger partial charge in [0.1, 0.15) is 0 Å². The van der Waals surface area contributed by atoms with Gasteiger partial charge in [-0.2, -0.15) is 0 Å². The van der Waals surface area contributed by atoms with Gasteiger partial charge in [-0.1, -0.05) is 15.9 Å². The zero-order valence-electron chi connectivity index (χ0n) is 10.2. The molecule has 2 rings (SSSR count). The SMILES string of the molecule is CC1CN(c2cc(Br)ccc2C(=O)O)CCCO1. The van der Waals surface area contributed by atoms with E-state index in [2.05, 4.69) is 20.8 Å². The Morgan fingerprint density at radius 3 is 3.06 bits per heavy atom. The predicted octanol–water partition coefficient (Wildman–Crippen LogP) is 2.76. The molecule has 1 aliphatic rings. The monoisotopic (exact) mass is 313 g/mol. The van der Waals surface area contributed by atoms with Crippen LogP contribution in [0.15, 0.2) is 22.7 Å². The summed E-state index contributed by atoms with van der Waals surface area (Å²) in [6.45, 7) is 4.28. The first-order valence-electron chi connectivity index (χ1n) is 5.97. The lowest BCUT2D eigenvalue weighted by molar-refractivity contribution is 0.0696. The van der Waals surface area contributed by atoms with Gasteiger partial charge in [-0.05, 0) is 31.5 Å². The Bertz CT molecular complexity index is 450. The van der Waals surface area contributed by atoms with E-state index in [9.17, 15) is 9.90 Å². The number of anilines is 1. The largest absolute Gasteiger partial charge is 0.478 e. The molecule has 5 heteroatoms. The van der Waals surface area contributed by atoms with Crippen molar-refractivity contribution in [3.05, 3.63) is 28.2 Å². The average Bonchev–Trinajstić information content (AvgIpc) is 2.53. The summed E-state index contributed by atoms with van der Waals surface area (Å²) < 4.78 is 6.47. The van der Waals surface area contributed by atoms with Crippen LogP contribution in [0.3, 0.4) is 0 Å². The standard InChI is InChI=1S/C13H16BrNO3/c1-9-8-15(5-2-6-18-9)12-7-10(14)3-4-11(12)13(16)17/h3-4,7,9H,2,5-6,8H2,1H3,(H,16,17). The first kappa shape index (κ1) is 13.4. The lowest BCUT2D eigenvalue weighted by Gasteiger charge is -2.26. The molecule has 0 saturated carbocycles. The second kappa shape index (κ2) is 5.71. The predicted molar refractivity (Wildman–Crippen MR) is 73.3 cm³/mol. The van der Waals surface area contributed by atoms with Gasteiger partial charge >= 0.3 is 5.97 Å². The highest BCUT2D eigenvalue weighted by Gasteiger charge is 2.20. The third-order valence-corrected chi connectivity index (χ3v) is 3.48. The number of hydrogen-bond donors (Lipinski definition) is 1. The highest BCUT2D eigenvalue weighted by Crippen LogP contribution is 2.26. The molecule has 1 atom stereocenters. The van der Waals surface area contributed by atoms with Crippen LogP contribution in [0, 0.1) is 0 Å². The number of benzene rings is 1. The van der Waals surface area contributed by atoms with Crippen molar-refractivity contribution in [1.82, 2.24) is 0 Å². The van der Waals surface area contributed by atoms with E-state index >= 15 is 0 Å². The lowest BCUT2D eigenvalue weighted by atomic mass is 10.1. The number of aromatic carboxylic acids is 1. The summed E-state index contributed by atoms with van der Waals surface area (Å²) in [5.74, 6) is -0.893. The van der Waals surface area contributed by atoms with Crippen molar-refractivity contribution in [2.75, 3.05) is 24.6 Å². The van der Waals surface area contributed by atoms with E-state index in [0.717, 1.165) is 36.3 Å². The molecule has 0 radical (unpaired) electrons. The van der Waals surface area contributed by atoms with Crippen molar-refractivity contribution in [3.8, 4) is 0 Å². The van der Waals surface area contributed by atoms with E-state index in [0.29, 0.717) is 5.56 Å². The molecule has 18 heavy (non-hydrogen) atoms. The Morgan fingerprint density at radius 1 is 1.56 bits per heavy atom. The van der Waals surface area contributed by atoms with Crippen molar-refractivity contribution >= 4 is 27.6 Å². The number of ether oxygens (including phenoxy) is 1. The average molecular weight is 314 g/mol. The summed E-state index contributed by atoms with van der Waals surface area (Å²) in [4.78, 5) is 13.4. The van der Waals surface area contributed by atoms with Crippen LogP contribution in [-0.2, 0) is 4.74 Å². The van der Waals surface area contributed by atoms with E-state index in [-0.39, 0.29) is 6.10 Å². The van der Waals surface area contributed by atoms with Gasteiger partial charge in [-0.3, -0.25) is 0 Å². The number of hydrogen-bond acceptors (Lipinski definition) is 3. The summed E-state index contributed by atoms with van der Waals surface area (Å²) in [5, 5.41) is 9.25. The third-order valence-electron chi connectivity index (χ3n) is 2.98. The first-order valence-corrected chi connectivity index (χ1v) is 6.76. The van der Waals surface area contributed by atoms with Gasteiger partial charge in [0.05, 0.1) is 17.4 Å². The molecule has 1 aromatic rings. The van der Waals surface area contributed by atoms with Gasteiger partial charge in [0, 0.05) is 24.2 Å². The van der Waals surface area contributed by atoms with Crippen LogP contribution in [0.25, 0.3) is 0 Å². The maximum Gasteiger partial charge on any atom is 0.337 e. The van der Waals surface area contributed by atoms with Gasteiger partial charge in [0.15, 0.2) is 0 Å². The van der Waals surface area contributed by atoms with E-state index in [1.165, 1.54) is 0 Å². The summed E-state index contributed by atoms with van der Waals surface area (Å²) in [7, 11) is 0. The molecule has 1 aliphatic heterocycles. The van der Waals surface area contributed by atoms with Gasteiger partial charge < -0.3 is 14.7 Å². The fourth-order valence-electron chi connectivity index (χ4n) is 2.16. The molecule has 0 aromatic heterocycles. The molecule has 0 bridgehead atoms. The van der Waals surface area contributed by atoms with Gasteiger partial charge in [0.2, 0.25) is 0 Å². The number of halogens is 1. The van der Waals surface area contributed by atoms with Gasteiger partial charge in [0.25, 0.3) is 0 Å². The van der Waals surface area contributed by atoms with Crippen LogP contribution in [0.1, 0.15) is 23.7 Å². The molecular formula is C13H16BrNO3. The number of rotatable bonds is 2. The Kier molecular flexibility index (Phi) is 4.24. The van der Waals surface area contributed by atoms with Gasteiger partial charge in [-0.15, -0.1) is 0 Å². The third kappa shape index (κ3) is 3.03. The highest BCUT2D eigenvalue weighted by molar-refractivity contribution is 9.10. The zero-order chi connectivity index (χ0) is 13.1. The molecule has 1 N–H and O–H groups in total. The zero-order valence-corrected chi connectivity index (χ0v) is 11.8. The van der Waals surface area contributed by atoms with Gasteiger partial charge in [-0.25, -0.2) is 4.79 Å². The Morgan fingerprint density at radius 2 is 2.33 bits per heavy atom. The van der Waals surface area contributed by atoms with Crippen molar-refractivity contribution in [2.45, 2.75) is 19.4 Å². The second-order valence-corrected chi connectivity index (χ2v) is 5.36. The normalized spacial score (nSPS) is 20.6. The molecular weight excluding hydrogens is 298 g/mol. The van der Waals surface area contributed by atoms with E-state index in [1.54, 1.807) is 12.1 Å². The molecule has 1 fully saturated rings. The summed E-state index contributed by atoms with van der Waals surface area (Å²) in [6, 6.07) is 5.25. The maximum atomic E-state index is 11.3. The molecule has 98 valence electrons. The fourth-order valence-corrected chi connectivity index (χ4v) is 2.51. The van der Waals surface area contributed by atoms with Crippen molar-refractivity contribution in [2.24, 2.45) is 0 Å². The second-order valence-electron chi connectivity index (χ2n) is 4.45. The van der Waals surface area contributed by atoms with E-state index in [4.69, 9.17) is 4.74 Å². The lowest BCUT2D eigenvalue weighted by Crippen LogP contribution is -2.31.